The molecule has 0 bridgehead atoms. The molecule has 2 atom stereocenters. The Bertz CT molecular complexity index is 1070. The Morgan fingerprint density at radius 3 is 2.63 bits per heavy atom. The van der Waals surface area contributed by atoms with E-state index in [-0.39, 0.29) is 11.9 Å². The number of anilines is 1. The monoisotopic (exact) mass is 441 g/mol. The first kappa shape index (κ1) is 20.8. The molecule has 2 N–H and O–H groups in total. The van der Waals surface area contributed by atoms with Crippen molar-refractivity contribution in [3.63, 3.8) is 0 Å². The van der Waals surface area contributed by atoms with E-state index in [1.165, 1.54) is 17.3 Å². The lowest BCUT2D eigenvalue weighted by molar-refractivity contribution is -0.116. The number of nitrogens with one attached hydrogen (secondary N) is 2. The van der Waals surface area contributed by atoms with Crippen LogP contribution in [-0.4, -0.2) is 26.0 Å². The van der Waals surface area contributed by atoms with Gasteiger partial charge in [0.05, 0.1) is 6.04 Å². The molecular formula is C22H24ClN5OS. The minimum Gasteiger partial charge on any atom is -0.325 e. The van der Waals surface area contributed by atoms with Gasteiger partial charge in [-0.2, -0.15) is 0 Å². The Balaban J connectivity index is 1.68. The van der Waals surface area contributed by atoms with Crippen molar-refractivity contribution in [1.82, 2.24) is 14.9 Å². The maximum atomic E-state index is 13.4. The van der Waals surface area contributed by atoms with Crippen LogP contribution in [0.15, 0.2) is 47.6 Å². The third-order valence-corrected chi connectivity index (χ3v) is 6.73. The molecule has 2 heterocycles. The summed E-state index contributed by atoms with van der Waals surface area (Å²) in [5.74, 6) is 0.743. The normalized spacial score (nSPS) is 17.9. The van der Waals surface area contributed by atoms with Crippen LogP contribution in [0, 0.1) is 6.92 Å². The summed E-state index contributed by atoms with van der Waals surface area (Å²) in [5, 5.41) is 12.4. The highest BCUT2D eigenvalue weighted by molar-refractivity contribution is 8.00. The van der Waals surface area contributed by atoms with Crippen LogP contribution in [0.2, 0.25) is 5.02 Å². The molecular weight excluding hydrogens is 418 g/mol. The molecule has 0 aliphatic carbocycles. The van der Waals surface area contributed by atoms with Gasteiger partial charge >= 0.3 is 0 Å². The molecule has 0 saturated heterocycles. The fourth-order valence-electron chi connectivity index (χ4n) is 3.47. The molecule has 1 aromatic heterocycles. The zero-order chi connectivity index (χ0) is 21.3. The number of carbonyl (C=O) groups is 1. The van der Waals surface area contributed by atoms with Gasteiger partial charge in [0.25, 0.3) is 0 Å². The van der Waals surface area contributed by atoms with Gasteiger partial charge in [-0.1, -0.05) is 67.5 Å². The van der Waals surface area contributed by atoms with E-state index < -0.39 is 5.25 Å². The first-order chi connectivity index (χ1) is 14.5. The minimum absolute atomic E-state index is 0.102. The van der Waals surface area contributed by atoms with Gasteiger partial charge in [-0.25, -0.2) is 4.68 Å². The van der Waals surface area contributed by atoms with Gasteiger partial charge in [0.2, 0.25) is 11.1 Å². The minimum atomic E-state index is -0.419. The summed E-state index contributed by atoms with van der Waals surface area (Å²) in [7, 11) is 0. The number of nitrogens with zero attached hydrogens (tertiary/aromatic N) is 3. The van der Waals surface area contributed by atoms with Crippen LogP contribution in [0.1, 0.15) is 42.4 Å². The summed E-state index contributed by atoms with van der Waals surface area (Å²) in [6.45, 7) is 6.11. The van der Waals surface area contributed by atoms with Crippen molar-refractivity contribution >= 4 is 35.0 Å². The maximum Gasteiger partial charge on any atom is 0.240 e. The first-order valence-electron chi connectivity index (χ1n) is 10.0. The molecule has 0 saturated carbocycles. The molecule has 1 aliphatic heterocycles. The highest BCUT2D eigenvalue weighted by Gasteiger charge is 2.37. The first-order valence-corrected chi connectivity index (χ1v) is 11.3. The number of aryl methyl sites for hydroxylation is 3. The molecule has 4 rings (SSSR count). The van der Waals surface area contributed by atoms with E-state index in [9.17, 15) is 4.79 Å². The van der Waals surface area contributed by atoms with Crippen molar-refractivity contribution < 1.29 is 4.79 Å². The molecule has 3 aromatic rings. The number of carbonyl (C=O) groups excluding carboxylic acids is 1. The molecule has 6 nitrogen and oxygen atoms in total. The third kappa shape index (κ3) is 4.04. The molecule has 1 amide bonds. The highest BCUT2D eigenvalue weighted by atomic mass is 35.5. The molecule has 8 heteroatoms. The molecule has 30 heavy (non-hydrogen) atoms. The van der Waals surface area contributed by atoms with Crippen molar-refractivity contribution in [3.05, 3.63) is 70.0 Å². The van der Waals surface area contributed by atoms with Gasteiger partial charge in [0, 0.05) is 17.1 Å². The van der Waals surface area contributed by atoms with Gasteiger partial charge in [-0.05, 0) is 42.2 Å². The molecule has 1 aliphatic rings. The number of amides is 1. The molecule has 0 unspecified atom stereocenters. The van der Waals surface area contributed by atoms with Crippen LogP contribution in [0.3, 0.4) is 0 Å². The van der Waals surface area contributed by atoms with E-state index in [1.807, 2.05) is 30.7 Å². The van der Waals surface area contributed by atoms with Crippen LogP contribution >= 0.6 is 23.4 Å². The number of rotatable bonds is 5. The standard InChI is InChI=1S/C22H24ClN5OS/c1-4-14-7-9-15(10-8-14)19-20(30-22-26-25-18(5-2)28(22)27-19)21(29)24-17-12-16(23)11-6-13(17)3/h6-12,19-20,27H,4-5H2,1-3H3,(H,24,29)/t19-,20+/m1/s1. The predicted molar refractivity (Wildman–Crippen MR) is 122 cm³/mol. The topological polar surface area (TPSA) is 71.8 Å². The summed E-state index contributed by atoms with van der Waals surface area (Å²) in [5.41, 5.74) is 7.46. The molecule has 0 radical (unpaired) electrons. The van der Waals surface area contributed by atoms with Crippen molar-refractivity contribution in [2.75, 3.05) is 10.7 Å². The van der Waals surface area contributed by atoms with Crippen molar-refractivity contribution in [2.24, 2.45) is 0 Å². The Hall–Kier alpha value is -2.51. The van der Waals surface area contributed by atoms with Gasteiger partial charge in [-0.15, -0.1) is 10.2 Å². The highest BCUT2D eigenvalue weighted by Crippen LogP contribution is 2.38. The second kappa shape index (κ2) is 8.70. The quantitative estimate of drug-likeness (QED) is 0.597. The SMILES string of the molecule is CCc1ccc([C@H]2Nn3c(CC)nnc3S[C@@H]2C(=O)Nc2cc(Cl)ccc2C)cc1. The number of halogens is 1. The molecule has 2 aromatic carbocycles. The second-order valence-electron chi connectivity index (χ2n) is 7.28. The number of thioether (sulfide) groups is 1. The summed E-state index contributed by atoms with van der Waals surface area (Å²) in [6, 6.07) is 13.7. The van der Waals surface area contributed by atoms with Crippen LogP contribution in [0.5, 0.6) is 0 Å². The fraction of sp³-hybridized carbons (Fsp3) is 0.318. The zero-order valence-corrected chi connectivity index (χ0v) is 18.7. The van der Waals surface area contributed by atoms with E-state index in [0.717, 1.165) is 35.5 Å². The zero-order valence-electron chi connectivity index (χ0n) is 17.1. The predicted octanol–water partition coefficient (Wildman–Crippen LogP) is 4.76. The second-order valence-corrected chi connectivity index (χ2v) is 8.82. The van der Waals surface area contributed by atoms with Gasteiger partial charge in [0.15, 0.2) is 5.82 Å². The van der Waals surface area contributed by atoms with E-state index in [2.05, 4.69) is 52.1 Å². The Labute approximate surface area is 185 Å². The van der Waals surface area contributed by atoms with E-state index in [0.29, 0.717) is 10.2 Å². The summed E-state index contributed by atoms with van der Waals surface area (Å²) in [4.78, 5) is 13.4. The van der Waals surface area contributed by atoms with Gasteiger partial charge < -0.3 is 10.7 Å². The lowest BCUT2D eigenvalue weighted by Crippen LogP contribution is -2.41. The number of hydrogen-bond donors (Lipinski definition) is 2. The number of fused-ring (bicyclic) bond motifs is 1. The van der Waals surface area contributed by atoms with Crippen molar-refractivity contribution in [2.45, 2.75) is 50.1 Å². The maximum absolute atomic E-state index is 13.4. The van der Waals surface area contributed by atoms with E-state index in [1.54, 1.807) is 6.07 Å². The van der Waals surface area contributed by atoms with Crippen molar-refractivity contribution in [1.29, 1.82) is 0 Å². The molecule has 0 spiro atoms. The summed E-state index contributed by atoms with van der Waals surface area (Å²) < 4.78 is 1.90. The average Bonchev–Trinajstić information content (AvgIpc) is 3.17. The average molecular weight is 442 g/mol. The number of aromatic nitrogens is 3. The lowest BCUT2D eigenvalue weighted by Gasteiger charge is -2.33. The van der Waals surface area contributed by atoms with Gasteiger partial charge in [-0.3, -0.25) is 4.79 Å². The largest absolute Gasteiger partial charge is 0.325 e. The summed E-state index contributed by atoms with van der Waals surface area (Å²) >= 11 is 7.56. The summed E-state index contributed by atoms with van der Waals surface area (Å²) in [6.07, 6.45) is 1.72. The Morgan fingerprint density at radius 1 is 1.17 bits per heavy atom. The van der Waals surface area contributed by atoms with Crippen LogP contribution in [0.25, 0.3) is 0 Å². The van der Waals surface area contributed by atoms with Crippen LogP contribution < -0.4 is 10.7 Å². The van der Waals surface area contributed by atoms with Crippen LogP contribution in [0.4, 0.5) is 5.69 Å². The van der Waals surface area contributed by atoms with E-state index in [4.69, 9.17) is 11.6 Å². The van der Waals surface area contributed by atoms with E-state index >= 15 is 0 Å². The molecule has 0 fully saturated rings. The number of benzene rings is 2. The lowest BCUT2D eigenvalue weighted by atomic mass is 10.0. The number of hydrogen-bond acceptors (Lipinski definition) is 5. The Kier molecular flexibility index (Phi) is 6.01. The van der Waals surface area contributed by atoms with Crippen molar-refractivity contribution in [3.8, 4) is 0 Å². The smallest absolute Gasteiger partial charge is 0.240 e. The fourth-order valence-corrected chi connectivity index (χ4v) is 4.74. The van der Waals surface area contributed by atoms with Gasteiger partial charge in [0.1, 0.15) is 5.25 Å². The Morgan fingerprint density at radius 2 is 1.93 bits per heavy atom. The molecule has 156 valence electrons. The van der Waals surface area contributed by atoms with Crippen LogP contribution in [-0.2, 0) is 17.6 Å². The third-order valence-electron chi connectivity index (χ3n) is 5.28.